The highest BCUT2D eigenvalue weighted by molar-refractivity contribution is 5.95. The van der Waals surface area contributed by atoms with Crippen LogP contribution in [0.25, 0.3) is 10.9 Å². The molecule has 1 aliphatic carbocycles. The summed E-state index contributed by atoms with van der Waals surface area (Å²) in [6.45, 7) is 1.29. The lowest BCUT2D eigenvalue weighted by atomic mass is 9.78. The van der Waals surface area contributed by atoms with E-state index < -0.39 is 6.10 Å². The lowest BCUT2D eigenvalue weighted by Gasteiger charge is -2.35. The van der Waals surface area contributed by atoms with Crippen molar-refractivity contribution < 1.29 is 19.4 Å². The second kappa shape index (κ2) is 8.15. The second-order valence-electron chi connectivity index (χ2n) is 8.34. The molecule has 31 heavy (non-hydrogen) atoms. The molecule has 1 aliphatic heterocycles. The molecule has 3 aromatic rings. The quantitative estimate of drug-likeness (QED) is 0.700. The number of likely N-dealkylation sites (tertiary alicyclic amines) is 1. The van der Waals surface area contributed by atoms with Crippen molar-refractivity contribution in [2.24, 2.45) is 11.8 Å². The molecule has 0 bridgehead atoms. The molecule has 1 N–H and O–H groups in total. The fourth-order valence-electron chi connectivity index (χ4n) is 4.81. The Morgan fingerprint density at radius 1 is 1.06 bits per heavy atom. The van der Waals surface area contributed by atoms with Gasteiger partial charge in [-0.05, 0) is 55.0 Å². The van der Waals surface area contributed by atoms with Crippen molar-refractivity contribution in [2.45, 2.75) is 25.0 Å². The van der Waals surface area contributed by atoms with Gasteiger partial charge in [0.25, 0.3) is 5.91 Å². The average Bonchev–Trinajstić information content (AvgIpc) is 3.21. The third-order valence-electron chi connectivity index (χ3n) is 6.43. The number of para-hydroxylation sites is 2. The predicted molar refractivity (Wildman–Crippen MR) is 115 cm³/mol. The van der Waals surface area contributed by atoms with Crippen LogP contribution in [-0.2, 0) is 0 Å². The van der Waals surface area contributed by atoms with Crippen LogP contribution in [0.3, 0.4) is 0 Å². The molecule has 0 spiro atoms. The van der Waals surface area contributed by atoms with Crippen LogP contribution < -0.4 is 9.47 Å². The van der Waals surface area contributed by atoms with Gasteiger partial charge >= 0.3 is 0 Å². The summed E-state index contributed by atoms with van der Waals surface area (Å²) in [5.41, 5.74) is 1.21. The third kappa shape index (κ3) is 3.81. The number of carbonyl (C=O) groups is 1. The second-order valence-corrected chi connectivity index (χ2v) is 8.34. The summed E-state index contributed by atoms with van der Waals surface area (Å²) in [6, 6.07) is 12.9. The molecule has 0 unspecified atom stereocenters. The fourth-order valence-corrected chi connectivity index (χ4v) is 4.81. The van der Waals surface area contributed by atoms with Crippen LogP contribution >= 0.6 is 0 Å². The number of carbonyl (C=O) groups excluding carboxylic acids is 1. The third-order valence-corrected chi connectivity index (χ3v) is 6.43. The van der Waals surface area contributed by atoms with E-state index in [1.165, 1.54) is 0 Å². The van der Waals surface area contributed by atoms with Gasteiger partial charge in [0.05, 0.1) is 18.7 Å². The number of aliphatic hydroxyl groups excluding tert-OH is 1. The van der Waals surface area contributed by atoms with Crippen LogP contribution in [0, 0.1) is 11.8 Å². The molecule has 3 heterocycles. The normalized spacial score (nSPS) is 25.3. The summed E-state index contributed by atoms with van der Waals surface area (Å²) in [5.74, 6) is 1.77. The van der Waals surface area contributed by atoms with Gasteiger partial charge in [0.1, 0.15) is 11.8 Å². The highest BCUT2D eigenvalue weighted by atomic mass is 16.5. The van der Waals surface area contributed by atoms with E-state index in [1.807, 2.05) is 41.3 Å². The van der Waals surface area contributed by atoms with E-state index in [0.29, 0.717) is 43.1 Å². The zero-order valence-electron chi connectivity index (χ0n) is 17.3. The number of benzene rings is 1. The number of pyridine rings is 2. The highest BCUT2D eigenvalue weighted by Crippen LogP contribution is 2.39. The number of ether oxygens (including phenoxy) is 2. The van der Waals surface area contributed by atoms with Gasteiger partial charge in [-0.3, -0.25) is 9.78 Å². The van der Waals surface area contributed by atoms with E-state index >= 15 is 0 Å². The number of aliphatic hydroxyl groups is 1. The predicted octanol–water partition coefficient (Wildman–Crippen LogP) is 2.93. The Bertz CT molecular complexity index is 1100. The van der Waals surface area contributed by atoms with Gasteiger partial charge in [-0.1, -0.05) is 12.1 Å². The first-order valence-corrected chi connectivity index (χ1v) is 10.6. The Labute approximate surface area is 180 Å². The summed E-state index contributed by atoms with van der Waals surface area (Å²) < 4.78 is 11.5. The SMILES string of the molecule is COc1ccccc1O[C@@H]1C[C@@H]2CN(C(=O)c3ccc4cnccc4n3)C[C@@H]2C[C@H]1O. The Kier molecular flexibility index (Phi) is 5.19. The number of nitrogens with zero attached hydrogens (tertiary/aromatic N) is 3. The zero-order chi connectivity index (χ0) is 21.4. The van der Waals surface area contributed by atoms with Crippen LogP contribution in [0.1, 0.15) is 23.3 Å². The molecule has 7 heteroatoms. The minimum atomic E-state index is -0.576. The summed E-state index contributed by atoms with van der Waals surface area (Å²) in [4.78, 5) is 23.6. The van der Waals surface area contributed by atoms with Crippen molar-refractivity contribution in [1.29, 1.82) is 0 Å². The van der Waals surface area contributed by atoms with Crippen molar-refractivity contribution in [3.05, 3.63) is 60.6 Å². The minimum Gasteiger partial charge on any atom is -0.493 e. The molecule has 1 amide bonds. The Morgan fingerprint density at radius 2 is 1.84 bits per heavy atom. The highest BCUT2D eigenvalue weighted by Gasteiger charge is 2.44. The number of fused-ring (bicyclic) bond motifs is 2. The van der Waals surface area contributed by atoms with Gasteiger partial charge in [0, 0.05) is 30.9 Å². The molecule has 2 aliphatic rings. The molecule has 160 valence electrons. The maximum Gasteiger partial charge on any atom is 0.272 e. The molecule has 2 aromatic heterocycles. The summed E-state index contributed by atoms with van der Waals surface area (Å²) >= 11 is 0. The minimum absolute atomic E-state index is 0.0650. The maximum atomic E-state index is 13.1. The van der Waals surface area contributed by atoms with Gasteiger partial charge in [0.15, 0.2) is 11.5 Å². The van der Waals surface area contributed by atoms with Crippen LogP contribution in [0.2, 0.25) is 0 Å². The van der Waals surface area contributed by atoms with E-state index in [-0.39, 0.29) is 23.8 Å². The topological polar surface area (TPSA) is 84.8 Å². The average molecular weight is 419 g/mol. The molecular formula is C24H25N3O4. The van der Waals surface area contributed by atoms with E-state index in [9.17, 15) is 9.90 Å². The van der Waals surface area contributed by atoms with E-state index in [0.717, 1.165) is 10.9 Å². The molecular weight excluding hydrogens is 394 g/mol. The monoisotopic (exact) mass is 419 g/mol. The number of methoxy groups -OCH3 is 1. The first kappa shape index (κ1) is 19.8. The Morgan fingerprint density at radius 3 is 2.65 bits per heavy atom. The van der Waals surface area contributed by atoms with E-state index in [1.54, 1.807) is 25.6 Å². The van der Waals surface area contributed by atoms with Crippen LogP contribution in [-0.4, -0.2) is 58.3 Å². The first-order valence-electron chi connectivity index (χ1n) is 10.6. The standard InChI is InChI=1S/C24H25N3O4/c1-30-21-4-2-3-5-22(21)31-23-11-17-14-27(13-16(17)10-20(23)28)24(29)19-7-6-15-12-25-9-8-18(15)26-19/h2-9,12,16-17,20,23,28H,10-11,13-14H2,1H3/t16-,17+,20+,23+/m0/s1. The number of hydrogen-bond donors (Lipinski definition) is 1. The van der Waals surface area contributed by atoms with E-state index in [4.69, 9.17) is 9.47 Å². The summed E-state index contributed by atoms with van der Waals surface area (Å²) in [5, 5.41) is 11.6. The maximum absolute atomic E-state index is 13.1. The molecule has 1 aromatic carbocycles. The Balaban J connectivity index is 1.29. The van der Waals surface area contributed by atoms with Crippen LogP contribution in [0.4, 0.5) is 0 Å². The van der Waals surface area contributed by atoms with Crippen molar-refractivity contribution >= 4 is 16.8 Å². The number of aromatic nitrogens is 2. The Hall–Kier alpha value is -3.19. The molecule has 4 atom stereocenters. The number of rotatable bonds is 4. The smallest absolute Gasteiger partial charge is 0.272 e. The number of hydrogen-bond acceptors (Lipinski definition) is 6. The molecule has 1 saturated carbocycles. The van der Waals surface area contributed by atoms with Gasteiger partial charge in [0.2, 0.25) is 0 Å². The van der Waals surface area contributed by atoms with Crippen molar-refractivity contribution in [3.8, 4) is 11.5 Å². The van der Waals surface area contributed by atoms with Crippen molar-refractivity contribution in [1.82, 2.24) is 14.9 Å². The fraction of sp³-hybridized carbons (Fsp3) is 0.375. The number of amides is 1. The van der Waals surface area contributed by atoms with E-state index in [2.05, 4.69) is 9.97 Å². The van der Waals surface area contributed by atoms with Gasteiger partial charge in [-0.25, -0.2) is 4.98 Å². The summed E-state index contributed by atoms with van der Waals surface area (Å²) in [6.07, 6.45) is 3.84. The molecule has 1 saturated heterocycles. The zero-order valence-corrected chi connectivity index (χ0v) is 17.3. The van der Waals surface area contributed by atoms with Gasteiger partial charge in [-0.2, -0.15) is 0 Å². The molecule has 0 radical (unpaired) electrons. The molecule has 2 fully saturated rings. The molecule has 5 rings (SSSR count). The lowest BCUT2D eigenvalue weighted by molar-refractivity contribution is -0.0240. The summed E-state index contributed by atoms with van der Waals surface area (Å²) in [7, 11) is 1.60. The van der Waals surface area contributed by atoms with Crippen molar-refractivity contribution in [2.75, 3.05) is 20.2 Å². The molecule has 7 nitrogen and oxygen atoms in total. The van der Waals surface area contributed by atoms with Crippen LogP contribution in [0.5, 0.6) is 11.5 Å². The first-order chi connectivity index (χ1) is 15.1. The van der Waals surface area contributed by atoms with Gasteiger partial charge < -0.3 is 19.5 Å². The lowest BCUT2D eigenvalue weighted by Crippen LogP contribution is -2.42. The van der Waals surface area contributed by atoms with Gasteiger partial charge in [-0.15, -0.1) is 0 Å². The largest absolute Gasteiger partial charge is 0.493 e. The van der Waals surface area contributed by atoms with Crippen LogP contribution in [0.15, 0.2) is 54.9 Å². The van der Waals surface area contributed by atoms with Crippen molar-refractivity contribution in [3.63, 3.8) is 0 Å².